The highest BCUT2D eigenvalue weighted by atomic mass is 16.6. The fourth-order valence-corrected chi connectivity index (χ4v) is 1.99. The predicted molar refractivity (Wildman–Crippen MR) is 86.6 cm³/mol. The quantitative estimate of drug-likeness (QED) is 0.527. The number of anilines is 1. The largest absolute Gasteiger partial charge is 0.322 e. The van der Waals surface area contributed by atoms with Gasteiger partial charge in [-0.1, -0.05) is 30.3 Å². The van der Waals surface area contributed by atoms with Crippen LogP contribution in [0.1, 0.15) is 18.1 Å². The molecule has 0 saturated heterocycles. The first-order valence-corrected chi connectivity index (χ1v) is 6.77. The minimum atomic E-state index is -0.459. The van der Waals surface area contributed by atoms with Gasteiger partial charge in [0.05, 0.1) is 4.92 Å². The van der Waals surface area contributed by atoms with Gasteiger partial charge in [-0.05, 0) is 37.1 Å². The summed E-state index contributed by atoms with van der Waals surface area (Å²) in [6.45, 7) is 3.45. The van der Waals surface area contributed by atoms with Crippen LogP contribution in [-0.2, 0) is 4.79 Å². The standard InChI is InChI=1S/C17H16N2O3/c1-12-11-15(19(21)22)8-9-16(12)18-17(20)13(2)10-14-6-4-3-5-7-14/h3-11H,1-2H3,(H,18,20). The molecule has 0 aliphatic rings. The Labute approximate surface area is 128 Å². The van der Waals surface area contributed by atoms with Crippen LogP contribution < -0.4 is 5.32 Å². The van der Waals surface area contributed by atoms with E-state index < -0.39 is 4.92 Å². The molecule has 22 heavy (non-hydrogen) atoms. The molecule has 2 aromatic rings. The molecule has 0 unspecified atom stereocenters. The number of hydrogen-bond donors (Lipinski definition) is 1. The minimum absolute atomic E-state index is 0.00653. The summed E-state index contributed by atoms with van der Waals surface area (Å²) in [5.41, 5.74) is 2.72. The predicted octanol–water partition coefficient (Wildman–Crippen LogP) is 3.95. The Morgan fingerprint density at radius 2 is 1.86 bits per heavy atom. The van der Waals surface area contributed by atoms with Crippen molar-refractivity contribution in [1.82, 2.24) is 0 Å². The molecule has 1 N–H and O–H groups in total. The number of aryl methyl sites for hydroxylation is 1. The van der Waals surface area contributed by atoms with E-state index in [0.29, 0.717) is 16.8 Å². The third-order valence-electron chi connectivity index (χ3n) is 3.21. The summed E-state index contributed by atoms with van der Waals surface area (Å²) in [5, 5.41) is 13.5. The van der Waals surface area contributed by atoms with E-state index in [4.69, 9.17) is 0 Å². The van der Waals surface area contributed by atoms with Crippen molar-refractivity contribution in [3.63, 3.8) is 0 Å². The van der Waals surface area contributed by atoms with Gasteiger partial charge in [0.1, 0.15) is 0 Å². The topological polar surface area (TPSA) is 72.2 Å². The number of nitro benzene ring substituents is 1. The fourth-order valence-electron chi connectivity index (χ4n) is 1.99. The van der Waals surface area contributed by atoms with E-state index in [0.717, 1.165) is 5.56 Å². The van der Waals surface area contributed by atoms with Gasteiger partial charge in [-0.3, -0.25) is 14.9 Å². The monoisotopic (exact) mass is 296 g/mol. The Balaban J connectivity index is 2.15. The highest BCUT2D eigenvalue weighted by Crippen LogP contribution is 2.21. The van der Waals surface area contributed by atoms with E-state index in [9.17, 15) is 14.9 Å². The summed E-state index contributed by atoms with van der Waals surface area (Å²) in [7, 11) is 0. The number of nitrogens with zero attached hydrogens (tertiary/aromatic N) is 1. The third kappa shape index (κ3) is 3.79. The maximum absolute atomic E-state index is 12.2. The van der Waals surface area contributed by atoms with Crippen molar-refractivity contribution >= 4 is 23.4 Å². The first-order chi connectivity index (χ1) is 10.5. The summed E-state index contributed by atoms with van der Waals surface area (Å²) in [4.78, 5) is 22.4. The van der Waals surface area contributed by atoms with Crippen LogP contribution in [0.15, 0.2) is 54.1 Å². The molecule has 0 bridgehead atoms. The number of nitro groups is 1. The van der Waals surface area contributed by atoms with E-state index in [1.807, 2.05) is 30.3 Å². The fraction of sp³-hybridized carbons (Fsp3) is 0.118. The van der Waals surface area contributed by atoms with Crippen molar-refractivity contribution < 1.29 is 9.72 Å². The lowest BCUT2D eigenvalue weighted by Gasteiger charge is -2.08. The van der Waals surface area contributed by atoms with Gasteiger partial charge < -0.3 is 5.32 Å². The molecule has 0 aliphatic heterocycles. The number of hydrogen-bond acceptors (Lipinski definition) is 3. The van der Waals surface area contributed by atoms with E-state index in [1.54, 1.807) is 26.0 Å². The Morgan fingerprint density at radius 1 is 1.18 bits per heavy atom. The van der Waals surface area contributed by atoms with E-state index in [-0.39, 0.29) is 11.6 Å². The SMILES string of the molecule is CC(=Cc1ccccc1)C(=O)Nc1ccc([N+](=O)[O-])cc1C. The van der Waals surface area contributed by atoms with Gasteiger partial charge >= 0.3 is 0 Å². The Bertz CT molecular complexity index is 737. The molecule has 0 atom stereocenters. The molecule has 0 radical (unpaired) electrons. The zero-order chi connectivity index (χ0) is 16.1. The van der Waals surface area contributed by atoms with Crippen LogP contribution in [0.4, 0.5) is 11.4 Å². The lowest BCUT2D eigenvalue weighted by Crippen LogP contribution is -2.13. The van der Waals surface area contributed by atoms with Crippen molar-refractivity contribution in [2.45, 2.75) is 13.8 Å². The van der Waals surface area contributed by atoms with Gasteiger partial charge in [-0.25, -0.2) is 0 Å². The summed E-state index contributed by atoms with van der Waals surface area (Å²) >= 11 is 0. The van der Waals surface area contributed by atoms with Gasteiger partial charge in [0.2, 0.25) is 0 Å². The molecule has 0 fully saturated rings. The van der Waals surface area contributed by atoms with Crippen molar-refractivity contribution in [3.8, 4) is 0 Å². The number of carbonyl (C=O) groups is 1. The lowest BCUT2D eigenvalue weighted by molar-refractivity contribution is -0.384. The second-order valence-corrected chi connectivity index (χ2v) is 4.95. The first kappa shape index (κ1) is 15.4. The Hall–Kier alpha value is -2.95. The molecule has 112 valence electrons. The van der Waals surface area contributed by atoms with Gasteiger partial charge in [0, 0.05) is 23.4 Å². The zero-order valence-corrected chi connectivity index (χ0v) is 12.4. The van der Waals surface area contributed by atoms with Crippen molar-refractivity contribution in [2.75, 3.05) is 5.32 Å². The Morgan fingerprint density at radius 3 is 2.45 bits per heavy atom. The van der Waals surface area contributed by atoms with Crippen LogP contribution >= 0.6 is 0 Å². The van der Waals surface area contributed by atoms with Crippen molar-refractivity contribution in [2.24, 2.45) is 0 Å². The van der Waals surface area contributed by atoms with Crippen LogP contribution in [0.3, 0.4) is 0 Å². The van der Waals surface area contributed by atoms with Crippen LogP contribution in [0.5, 0.6) is 0 Å². The number of carbonyl (C=O) groups excluding carboxylic acids is 1. The van der Waals surface area contributed by atoms with Crippen molar-refractivity contribution in [3.05, 3.63) is 75.3 Å². The number of benzene rings is 2. The number of amides is 1. The molecular formula is C17H16N2O3. The van der Waals surface area contributed by atoms with Crippen LogP contribution in [0.2, 0.25) is 0 Å². The van der Waals surface area contributed by atoms with E-state index >= 15 is 0 Å². The normalized spacial score (nSPS) is 11.1. The molecular weight excluding hydrogens is 280 g/mol. The third-order valence-corrected chi connectivity index (χ3v) is 3.21. The highest BCUT2D eigenvalue weighted by molar-refractivity contribution is 6.06. The molecule has 0 aromatic heterocycles. The van der Waals surface area contributed by atoms with Gasteiger partial charge in [-0.2, -0.15) is 0 Å². The summed E-state index contributed by atoms with van der Waals surface area (Å²) in [6, 6.07) is 13.9. The molecule has 2 rings (SSSR count). The maximum atomic E-state index is 12.2. The maximum Gasteiger partial charge on any atom is 0.269 e. The number of non-ortho nitro benzene ring substituents is 1. The Kier molecular flexibility index (Phi) is 4.68. The van der Waals surface area contributed by atoms with Gasteiger partial charge in [-0.15, -0.1) is 0 Å². The first-order valence-electron chi connectivity index (χ1n) is 6.77. The number of nitrogens with one attached hydrogen (secondary N) is 1. The van der Waals surface area contributed by atoms with Crippen molar-refractivity contribution in [1.29, 1.82) is 0 Å². The molecule has 0 aliphatic carbocycles. The van der Waals surface area contributed by atoms with Crippen LogP contribution in [0, 0.1) is 17.0 Å². The molecule has 5 nitrogen and oxygen atoms in total. The van der Waals surface area contributed by atoms with E-state index in [2.05, 4.69) is 5.32 Å². The summed E-state index contributed by atoms with van der Waals surface area (Å²) < 4.78 is 0. The highest BCUT2D eigenvalue weighted by Gasteiger charge is 2.11. The molecule has 0 heterocycles. The lowest BCUT2D eigenvalue weighted by atomic mass is 10.1. The molecule has 0 spiro atoms. The molecule has 2 aromatic carbocycles. The zero-order valence-electron chi connectivity index (χ0n) is 12.4. The second kappa shape index (κ2) is 6.67. The molecule has 0 saturated carbocycles. The molecule has 1 amide bonds. The summed E-state index contributed by atoms with van der Waals surface area (Å²) in [6.07, 6.45) is 1.79. The number of rotatable bonds is 4. The van der Waals surface area contributed by atoms with E-state index in [1.165, 1.54) is 12.1 Å². The van der Waals surface area contributed by atoms with Gasteiger partial charge in [0.15, 0.2) is 0 Å². The van der Waals surface area contributed by atoms with Crippen LogP contribution in [-0.4, -0.2) is 10.8 Å². The van der Waals surface area contributed by atoms with Crippen LogP contribution in [0.25, 0.3) is 6.08 Å². The smallest absolute Gasteiger partial charge is 0.269 e. The second-order valence-electron chi connectivity index (χ2n) is 4.95. The average molecular weight is 296 g/mol. The summed E-state index contributed by atoms with van der Waals surface area (Å²) in [5.74, 6) is -0.235. The minimum Gasteiger partial charge on any atom is -0.322 e. The average Bonchev–Trinajstić information content (AvgIpc) is 2.50. The molecule has 5 heteroatoms. The van der Waals surface area contributed by atoms with Gasteiger partial charge in [0.25, 0.3) is 11.6 Å².